The summed E-state index contributed by atoms with van der Waals surface area (Å²) in [5.41, 5.74) is 4.24. The molecule has 2 aromatic carbocycles. The molecular weight excluding hydrogens is 268 g/mol. The van der Waals surface area contributed by atoms with Gasteiger partial charge in [0.2, 0.25) is 0 Å². The minimum absolute atomic E-state index is 0.659. The molecule has 2 heteroatoms. The predicted octanol–water partition coefficient (Wildman–Crippen LogP) is 3.75. The van der Waals surface area contributed by atoms with Crippen LogP contribution in [0.2, 0.25) is 0 Å². The van der Waals surface area contributed by atoms with Gasteiger partial charge < -0.3 is 5.32 Å². The van der Waals surface area contributed by atoms with E-state index in [1.165, 1.54) is 42.6 Å². The zero-order valence-electron chi connectivity index (χ0n) is 13.5. The molecule has 1 fully saturated rings. The maximum atomic E-state index is 3.74. The molecule has 1 aliphatic rings. The Kier molecular flexibility index (Phi) is 5.25. The third-order valence-electron chi connectivity index (χ3n) is 4.68. The van der Waals surface area contributed by atoms with Crippen molar-refractivity contribution in [3.05, 3.63) is 71.3 Å². The molecule has 0 amide bonds. The van der Waals surface area contributed by atoms with Gasteiger partial charge in [0.05, 0.1) is 0 Å². The minimum atomic E-state index is 0.659. The van der Waals surface area contributed by atoms with E-state index in [9.17, 15) is 0 Å². The maximum absolute atomic E-state index is 3.74. The van der Waals surface area contributed by atoms with Gasteiger partial charge in [0.1, 0.15) is 0 Å². The summed E-state index contributed by atoms with van der Waals surface area (Å²) < 4.78 is 0. The number of hydrogen-bond acceptors (Lipinski definition) is 2. The number of piperidine rings is 1. The van der Waals surface area contributed by atoms with Crippen molar-refractivity contribution < 1.29 is 0 Å². The van der Waals surface area contributed by atoms with Gasteiger partial charge in [0.15, 0.2) is 0 Å². The predicted molar refractivity (Wildman–Crippen MR) is 92.8 cm³/mol. The third kappa shape index (κ3) is 4.19. The molecule has 1 heterocycles. The van der Waals surface area contributed by atoms with Crippen molar-refractivity contribution in [1.29, 1.82) is 0 Å². The van der Waals surface area contributed by atoms with Crippen molar-refractivity contribution in [3.63, 3.8) is 0 Å². The quantitative estimate of drug-likeness (QED) is 0.903. The Morgan fingerprint density at radius 2 is 1.64 bits per heavy atom. The highest BCUT2D eigenvalue weighted by atomic mass is 15.1. The van der Waals surface area contributed by atoms with Crippen LogP contribution < -0.4 is 5.32 Å². The van der Waals surface area contributed by atoms with Crippen LogP contribution in [0.15, 0.2) is 54.6 Å². The van der Waals surface area contributed by atoms with Crippen LogP contribution in [-0.4, -0.2) is 24.0 Å². The first-order valence-electron chi connectivity index (χ1n) is 8.35. The minimum Gasteiger partial charge on any atom is -0.310 e. The van der Waals surface area contributed by atoms with Gasteiger partial charge in [-0.25, -0.2) is 0 Å². The lowest BCUT2D eigenvalue weighted by atomic mass is 10.0. The van der Waals surface area contributed by atoms with E-state index < -0.39 is 0 Å². The molecular formula is C20H26N2. The van der Waals surface area contributed by atoms with Gasteiger partial charge in [-0.05, 0) is 49.5 Å². The molecule has 0 spiro atoms. The number of likely N-dealkylation sites (tertiary alicyclic amines) is 1. The summed E-state index contributed by atoms with van der Waals surface area (Å²) in [7, 11) is 0. The van der Waals surface area contributed by atoms with Gasteiger partial charge >= 0.3 is 0 Å². The molecule has 3 rings (SSSR count). The summed E-state index contributed by atoms with van der Waals surface area (Å²) in [6.45, 7) is 6.67. The summed E-state index contributed by atoms with van der Waals surface area (Å²) >= 11 is 0. The molecule has 2 nitrogen and oxygen atoms in total. The van der Waals surface area contributed by atoms with Crippen molar-refractivity contribution >= 4 is 0 Å². The highest BCUT2D eigenvalue weighted by molar-refractivity contribution is 5.25. The number of rotatable bonds is 5. The summed E-state index contributed by atoms with van der Waals surface area (Å²) in [5, 5.41) is 3.74. The van der Waals surface area contributed by atoms with Crippen LogP contribution in [0.1, 0.15) is 29.5 Å². The molecule has 1 aliphatic heterocycles. The number of hydrogen-bond donors (Lipinski definition) is 1. The van der Waals surface area contributed by atoms with Gasteiger partial charge in [-0.1, -0.05) is 54.6 Å². The lowest BCUT2D eigenvalue weighted by Gasteiger charge is -2.32. The van der Waals surface area contributed by atoms with Crippen molar-refractivity contribution in [3.8, 4) is 0 Å². The average molecular weight is 294 g/mol. The topological polar surface area (TPSA) is 15.3 Å². The largest absolute Gasteiger partial charge is 0.310 e. The van der Waals surface area contributed by atoms with E-state index in [1.54, 1.807) is 0 Å². The first-order chi connectivity index (χ1) is 10.8. The molecule has 22 heavy (non-hydrogen) atoms. The molecule has 0 saturated carbocycles. The highest BCUT2D eigenvalue weighted by Crippen LogP contribution is 2.15. The van der Waals surface area contributed by atoms with Gasteiger partial charge in [-0.3, -0.25) is 4.90 Å². The van der Waals surface area contributed by atoms with Gasteiger partial charge in [0.25, 0.3) is 0 Å². The van der Waals surface area contributed by atoms with Crippen LogP contribution in [0.25, 0.3) is 0 Å². The van der Waals surface area contributed by atoms with E-state index >= 15 is 0 Å². The van der Waals surface area contributed by atoms with Crippen molar-refractivity contribution in [2.45, 2.75) is 38.9 Å². The Bertz CT molecular complexity index is 571. The SMILES string of the molecule is Cc1ccccc1CNC1CCN(Cc2ccccc2)CC1. The second-order valence-electron chi connectivity index (χ2n) is 6.34. The van der Waals surface area contributed by atoms with E-state index in [4.69, 9.17) is 0 Å². The van der Waals surface area contributed by atoms with Crippen LogP contribution in [0, 0.1) is 6.92 Å². The first-order valence-corrected chi connectivity index (χ1v) is 8.35. The smallest absolute Gasteiger partial charge is 0.0233 e. The maximum Gasteiger partial charge on any atom is 0.0233 e. The molecule has 0 aromatic heterocycles. The fraction of sp³-hybridized carbons (Fsp3) is 0.400. The van der Waals surface area contributed by atoms with Crippen molar-refractivity contribution in [1.82, 2.24) is 10.2 Å². The van der Waals surface area contributed by atoms with Crippen LogP contribution >= 0.6 is 0 Å². The number of nitrogens with one attached hydrogen (secondary N) is 1. The third-order valence-corrected chi connectivity index (χ3v) is 4.68. The van der Waals surface area contributed by atoms with Crippen LogP contribution in [-0.2, 0) is 13.1 Å². The fourth-order valence-electron chi connectivity index (χ4n) is 3.20. The van der Waals surface area contributed by atoms with Gasteiger partial charge in [-0.2, -0.15) is 0 Å². The van der Waals surface area contributed by atoms with E-state index in [1.807, 2.05) is 0 Å². The average Bonchev–Trinajstić information content (AvgIpc) is 2.56. The van der Waals surface area contributed by atoms with Crippen LogP contribution in [0.5, 0.6) is 0 Å². The molecule has 0 radical (unpaired) electrons. The van der Waals surface area contributed by atoms with Crippen molar-refractivity contribution in [2.24, 2.45) is 0 Å². The lowest BCUT2D eigenvalue weighted by molar-refractivity contribution is 0.190. The normalized spacial score (nSPS) is 16.8. The number of aryl methyl sites for hydroxylation is 1. The Morgan fingerprint density at radius 1 is 0.955 bits per heavy atom. The second kappa shape index (κ2) is 7.57. The first kappa shape index (κ1) is 15.3. The summed E-state index contributed by atoms with van der Waals surface area (Å²) in [6.07, 6.45) is 2.50. The lowest BCUT2D eigenvalue weighted by Crippen LogP contribution is -2.41. The van der Waals surface area contributed by atoms with Crippen molar-refractivity contribution in [2.75, 3.05) is 13.1 Å². The molecule has 0 atom stereocenters. The monoisotopic (exact) mass is 294 g/mol. The molecule has 0 aliphatic carbocycles. The Hall–Kier alpha value is -1.64. The molecule has 116 valence electrons. The number of benzene rings is 2. The molecule has 1 saturated heterocycles. The van der Waals surface area contributed by atoms with Crippen LogP contribution in [0.4, 0.5) is 0 Å². The second-order valence-corrected chi connectivity index (χ2v) is 6.34. The molecule has 2 aromatic rings. The van der Waals surface area contributed by atoms with Crippen LogP contribution in [0.3, 0.4) is 0 Å². The standard InChI is InChI=1S/C20H26N2/c1-17-7-5-6-10-19(17)15-21-20-11-13-22(14-12-20)16-18-8-3-2-4-9-18/h2-10,20-21H,11-16H2,1H3. The van der Waals surface area contributed by atoms with Gasteiger partial charge in [-0.15, -0.1) is 0 Å². The Morgan fingerprint density at radius 3 is 2.36 bits per heavy atom. The Labute approximate surface area is 134 Å². The summed E-state index contributed by atoms with van der Waals surface area (Å²) in [5.74, 6) is 0. The molecule has 1 N–H and O–H groups in total. The molecule has 0 bridgehead atoms. The van der Waals surface area contributed by atoms with E-state index in [2.05, 4.69) is 71.7 Å². The summed E-state index contributed by atoms with van der Waals surface area (Å²) in [6, 6.07) is 20.1. The zero-order valence-corrected chi connectivity index (χ0v) is 13.5. The molecule has 0 unspecified atom stereocenters. The Balaban J connectivity index is 1.43. The highest BCUT2D eigenvalue weighted by Gasteiger charge is 2.18. The van der Waals surface area contributed by atoms with E-state index in [0.29, 0.717) is 6.04 Å². The number of nitrogens with zero attached hydrogens (tertiary/aromatic N) is 1. The van der Waals surface area contributed by atoms with Gasteiger partial charge in [0, 0.05) is 19.1 Å². The van der Waals surface area contributed by atoms with E-state index in [-0.39, 0.29) is 0 Å². The fourth-order valence-corrected chi connectivity index (χ4v) is 3.20. The summed E-state index contributed by atoms with van der Waals surface area (Å²) in [4.78, 5) is 2.57. The van der Waals surface area contributed by atoms with E-state index in [0.717, 1.165) is 13.1 Å². The zero-order chi connectivity index (χ0) is 15.2.